The lowest BCUT2D eigenvalue weighted by molar-refractivity contribution is 0.418. The molecular weight excluding hydrogens is 405 g/mol. The molecule has 7 nitrogen and oxygen atoms in total. The van der Waals surface area contributed by atoms with E-state index in [1.54, 1.807) is 24.3 Å². The Balaban J connectivity index is 1.66. The number of aromatic amines is 1. The van der Waals surface area contributed by atoms with Crippen molar-refractivity contribution in [2.24, 2.45) is 10.7 Å². The second-order valence-electron chi connectivity index (χ2n) is 6.26. The van der Waals surface area contributed by atoms with Crippen LogP contribution < -0.4 is 11.3 Å². The minimum absolute atomic E-state index is 0.0830. The fraction of sp³-hybridized carbons (Fsp3) is 0.0476. The Hall–Kier alpha value is -3.85. The van der Waals surface area contributed by atoms with Gasteiger partial charge < -0.3 is 15.2 Å². The van der Waals surface area contributed by atoms with Crippen molar-refractivity contribution in [3.63, 3.8) is 0 Å². The summed E-state index contributed by atoms with van der Waals surface area (Å²) in [6.45, 7) is 0.0830. The first-order valence-corrected chi connectivity index (χ1v) is 9.84. The highest BCUT2D eigenvalue weighted by molar-refractivity contribution is 7.08. The van der Waals surface area contributed by atoms with Crippen molar-refractivity contribution in [2.75, 3.05) is 0 Å². The molecule has 9 heteroatoms. The van der Waals surface area contributed by atoms with E-state index in [1.165, 1.54) is 35.9 Å². The molecule has 0 aliphatic rings. The molecule has 4 aromatic rings. The summed E-state index contributed by atoms with van der Waals surface area (Å²) >= 11 is 1.49. The predicted octanol–water partition coefficient (Wildman–Crippen LogP) is 3.61. The first-order chi connectivity index (χ1) is 14.6. The summed E-state index contributed by atoms with van der Waals surface area (Å²) < 4.78 is 18.8. The Labute approximate surface area is 174 Å². The van der Waals surface area contributed by atoms with Gasteiger partial charge in [-0.2, -0.15) is 11.3 Å². The van der Waals surface area contributed by atoms with Crippen molar-refractivity contribution in [1.82, 2.24) is 15.1 Å². The fourth-order valence-electron chi connectivity index (χ4n) is 2.72. The molecule has 1 aromatic carbocycles. The maximum Gasteiger partial charge on any atom is 0.259 e. The average Bonchev–Trinajstić information content (AvgIpc) is 3.46. The number of aromatic nitrogens is 3. The van der Waals surface area contributed by atoms with E-state index < -0.39 is 0 Å². The quantitative estimate of drug-likeness (QED) is 0.462. The minimum atomic E-state index is -0.354. The van der Waals surface area contributed by atoms with E-state index in [4.69, 9.17) is 10.3 Å². The van der Waals surface area contributed by atoms with Gasteiger partial charge >= 0.3 is 0 Å². The van der Waals surface area contributed by atoms with Gasteiger partial charge in [0.05, 0.1) is 23.5 Å². The van der Waals surface area contributed by atoms with Crippen LogP contribution in [0.25, 0.3) is 16.8 Å². The molecule has 0 atom stereocenters. The molecule has 0 unspecified atom stereocenters. The minimum Gasteiger partial charge on any atom is -0.396 e. The first kappa shape index (κ1) is 19.5. The molecule has 0 aliphatic heterocycles. The van der Waals surface area contributed by atoms with Crippen LogP contribution in [0.4, 0.5) is 4.39 Å². The smallest absolute Gasteiger partial charge is 0.259 e. The predicted molar refractivity (Wildman–Crippen MR) is 113 cm³/mol. The maximum atomic E-state index is 13.9. The molecule has 30 heavy (non-hydrogen) atoms. The Morgan fingerprint density at radius 3 is 2.87 bits per heavy atom. The number of halogens is 1. The Bertz CT molecular complexity index is 1260. The Kier molecular flexibility index (Phi) is 5.62. The zero-order valence-corrected chi connectivity index (χ0v) is 16.4. The van der Waals surface area contributed by atoms with Crippen molar-refractivity contribution in [3.8, 4) is 11.1 Å². The third-order valence-corrected chi connectivity index (χ3v) is 4.96. The van der Waals surface area contributed by atoms with Gasteiger partial charge in [-0.3, -0.25) is 9.79 Å². The number of benzene rings is 1. The van der Waals surface area contributed by atoms with E-state index >= 15 is 0 Å². The van der Waals surface area contributed by atoms with Gasteiger partial charge in [-0.05, 0) is 34.5 Å². The summed E-state index contributed by atoms with van der Waals surface area (Å²) in [5.41, 5.74) is 8.50. The molecule has 150 valence electrons. The van der Waals surface area contributed by atoms with Crippen LogP contribution in [0.2, 0.25) is 0 Å². The van der Waals surface area contributed by atoms with Crippen molar-refractivity contribution in [1.29, 1.82) is 0 Å². The number of aliphatic imine (C=N–C) groups is 1. The lowest BCUT2D eigenvalue weighted by Crippen LogP contribution is -2.16. The van der Waals surface area contributed by atoms with Gasteiger partial charge in [0.25, 0.3) is 5.56 Å². The summed E-state index contributed by atoms with van der Waals surface area (Å²) in [7, 11) is 0. The van der Waals surface area contributed by atoms with Gasteiger partial charge in [-0.1, -0.05) is 23.4 Å². The van der Waals surface area contributed by atoms with Crippen LogP contribution in [0.1, 0.15) is 17.1 Å². The fourth-order valence-corrected chi connectivity index (χ4v) is 3.38. The SMILES string of the molecule is N/C(=C\C(=NCc1ccccc1F)c1ccon1)c1ncc(-c2ccsc2)c(=O)[nH]1. The molecule has 0 radical (unpaired) electrons. The summed E-state index contributed by atoms with van der Waals surface area (Å²) in [5, 5.41) is 7.62. The number of hydrogen-bond donors (Lipinski definition) is 2. The van der Waals surface area contributed by atoms with Crippen LogP contribution in [0.5, 0.6) is 0 Å². The van der Waals surface area contributed by atoms with E-state index in [-0.39, 0.29) is 29.4 Å². The van der Waals surface area contributed by atoms with Crippen molar-refractivity contribution < 1.29 is 8.91 Å². The van der Waals surface area contributed by atoms with E-state index in [2.05, 4.69) is 20.1 Å². The molecule has 3 aromatic heterocycles. The van der Waals surface area contributed by atoms with E-state index in [1.807, 2.05) is 16.8 Å². The molecule has 0 spiro atoms. The Morgan fingerprint density at radius 1 is 1.30 bits per heavy atom. The standard InChI is InChI=1S/C21H16FN5O2S/c22-16-4-2-1-3-13(16)10-24-19(18-5-7-29-27-18)9-17(23)20-25-11-15(21(28)26-20)14-6-8-30-12-14/h1-9,11-12H,10,23H2,(H,25,26,28)/b17-9-,24-19?. The van der Waals surface area contributed by atoms with E-state index in [0.29, 0.717) is 22.5 Å². The molecule has 0 aliphatic carbocycles. The third kappa shape index (κ3) is 4.26. The molecule has 3 heterocycles. The van der Waals surface area contributed by atoms with Crippen LogP contribution >= 0.6 is 11.3 Å². The Morgan fingerprint density at radius 2 is 2.17 bits per heavy atom. The molecule has 0 saturated carbocycles. The molecule has 0 fully saturated rings. The van der Waals surface area contributed by atoms with E-state index in [9.17, 15) is 9.18 Å². The largest absolute Gasteiger partial charge is 0.396 e. The highest BCUT2D eigenvalue weighted by Crippen LogP contribution is 2.18. The molecule has 3 N–H and O–H groups in total. The number of nitrogens with two attached hydrogens (primary N) is 1. The van der Waals surface area contributed by atoms with Gasteiger partial charge in [-0.25, -0.2) is 9.37 Å². The first-order valence-electron chi connectivity index (χ1n) is 8.90. The van der Waals surface area contributed by atoms with Crippen LogP contribution in [0.15, 0.2) is 80.0 Å². The topological polar surface area (TPSA) is 110 Å². The number of nitrogens with zero attached hydrogens (tertiary/aromatic N) is 3. The van der Waals surface area contributed by atoms with Gasteiger partial charge in [-0.15, -0.1) is 0 Å². The number of nitrogens with one attached hydrogen (secondary N) is 1. The molecule has 0 bridgehead atoms. The van der Waals surface area contributed by atoms with Crippen LogP contribution in [-0.4, -0.2) is 20.8 Å². The summed E-state index contributed by atoms with van der Waals surface area (Å²) in [4.78, 5) is 23.8. The molecule has 4 rings (SSSR count). The highest BCUT2D eigenvalue weighted by Gasteiger charge is 2.11. The summed E-state index contributed by atoms with van der Waals surface area (Å²) in [6, 6.07) is 9.81. The number of allylic oxidation sites excluding steroid dienone is 1. The van der Waals surface area contributed by atoms with Gasteiger partial charge in [0.15, 0.2) is 5.82 Å². The van der Waals surface area contributed by atoms with Crippen molar-refractivity contribution in [3.05, 3.63) is 98.9 Å². The van der Waals surface area contributed by atoms with Crippen molar-refractivity contribution in [2.45, 2.75) is 6.54 Å². The molecule has 0 saturated heterocycles. The second kappa shape index (κ2) is 8.66. The molecular formula is C21H16FN5O2S. The third-order valence-electron chi connectivity index (χ3n) is 4.27. The number of thiophene rings is 1. The van der Waals surface area contributed by atoms with Gasteiger partial charge in [0.1, 0.15) is 17.8 Å². The van der Waals surface area contributed by atoms with Gasteiger partial charge in [0.2, 0.25) is 0 Å². The highest BCUT2D eigenvalue weighted by atomic mass is 32.1. The monoisotopic (exact) mass is 421 g/mol. The normalized spacial score (nSPS) is 12.3. The molecule has 0 amide bonds. The number of rotatable bonds is 6. The number of H-pyrrole nitrogens is 1. The lowest BCUT2D eigenvalue weighted by Gasteiger charge is -2.05. The van der Waals surface area contributed by atoms with Crippen molar-refractivity contribution >= 4 is 22.7 Å². The zero-order valence-electron chi connectivity index (χ0n) is 15.6. The van der Waals surface area contributed by atoms with Crippen LogP contribution in [-0.2, 0) is 6.54 Å². The lowest BCUT2D eigenvalue weighted by atomic mass is 10.1. The van der Waals surface area contributed by atoms with E-state index in [0.717, 1.165) is 5.56 Å². The van der Waals surface area contributed by atoms with Crippen LogP contribution in [0.3, 0.4) is 0 Å². The van der Waals surface area contributed by atoms with Gasteiger partial charge in [0, 0.05) is 17.8 Å². The van der Waals surface area contributed by atoms with Crippen LogP contribution in [0, 0.1) is 5.82 Å². The zero-order chi connectivity index (χ0) is 20.9. The second-order valence-corrected chi connectivity index (χ2v) is 7.04. The maximum absolute atomic E-state index is 13.9. The average molecular weight is 421 g/mol. The summed E-state index contributed by atoms with van der Waals surface area (Å²) in [5.74, 6) is -0.159. The number of hydrogen-bond acceptors (Lipinski definition) is 7. The summed E-state index contributed by atoms with van der Waals surface area (Å²) in [6.07, 6.45) is 4.39.